The van der Waals surface area contributed by atoms with Crippen LogP contribution in [-0.2, 0) is 0 Å². The zero-order valence-electron chi connectivity index (χ0n) is 10.7. The van der Waals surface area contributed by atoms with E-state index in [4.69, 9.17) is 0 Å². The number of benzene rings is 1. The Hall–Kier alpha value is -1.55. The maximum Gasteiger partial charge on any atom is 0.0651 e. The van der Waals surface area contributed by atoms with Crippen LogP contribution in [0.2, 0.25) is 0 Å². The van der Waals surface area contributed by atoms with Crippen LogP contribution in [0.1, 0.15) is 25.7 Å². The highest BCUT2D eigenvalue weighted by atomic mass is 15.1. The molecule has 1 fully saturated rings. The Morgan fingerprint density at radius 2 is 1.94 bits per heavy atom. The summed E-state index contributed by atoms with van der Waals surface area (Å²) in [7, 11) is 2.06. The molecule has 1 aliphatic rings. The van der Waals surface area contributed by atoms with Gasteiger partial charge in [-0.3, -0.25) is 5.10 Å². The minimum atomic E-state index is 0.610. The van der Waals surface area contributed by atoms with E-state index in [-0.39, 0.29) is 0 Å². The number of hydrogen-bond acceptors (Lipinski definition) is 3. The van der Waals surface area contributed by atoms with Gasteiger partial charge in [0.1, 0.15) is 0 Å². The van der Waals surface area contributed by atoms with Crippen molar-refractivity contribution >= 4 is 16.6 Å². The molecule has 1 aliphatic carbocycles. The Morgan fingerprint density at radius 1 is 1.17 bits per heavy atom. The van der Waals surface area contributed by atoms with Gasteiger partial charge in [-0.05, 0) is 50.9 Å². The molecule has 0 unspecified atom stereocenters. The Morgan fingerprint density at radius 3 is 2.72 bits per heavy atom. The molecule has 0 spiro atoms. The lowest BCUT2D eigenvalue weighted by molar-refractivity contribution is 0.371. The molecule has 0 atom stereocenters. The monoisotopic (exact) mass is 244 g/mol. The predicted molar refractivity (Wildman–Crippen MR) is 74.8 cm³/mol. The van der Waals surface area contributed by atoms with Crippen LogP contribution >= 0.6 is 0 Å². The number of anilines is 1. The normalized spacial score (nSPS) is 24.3. The molecule has 4 heteroatoms. The number of nitrogens with one attached hydrogen (secondary N) is 3. The van der Waals surface area contributed by atoms with Gasteiger partial charge in [0, 0.05) is 23.2 Å². The molecule has 2 aromatic rings. The van der Waals surface area contributed by atoms with Crippen LogP contribution in [-0.4, -0.2) is 29.3 Å². The average Bonchev–Trinajstić information content (AvgIpc) is 2.87. The Balaban J connectivity index is 1.65. The molecule has 3 rings (SSSR count). The number of hydrogen-bond donors (Lipinski definition) is 3. The van der Waals surface area contributed by atoms with Crippen LogP contribution in [0.25, 0.3) is 10.9 Å². The lowest BCUT2D eigenvalue weighted by Crippen LogP contribution is -2.34. The van der Waals surface area contributed by atoms with Gasteiger partial charge in [-0.15, -0.1) is 0 Å². The molecular weight excluding hydrogens is 224 g/mol. The molecule has 0 aliphatic heterocycles. The van der Waals surface area contributed by atoms with Gasteiger partial charge >= 0.3 is 0 Å². The number of H-pyrrole nitrogens is 1. The van der Waals surface area contributed by atoms with E-state index >= 15 is 0 Å². The van der Waals surface area contributed by atoms with Crippen molar-refractivity contribution in [1.29, 1.82) is 0 Å². The fraction of sp³-hybridized carbons (Fsp3) is 0.500. The molecule has 1 aromatic carbocycles. The van der Waals surface area contributed by atoms with Crippen molar-refractivity contribution in [1.82, 2.24) is 15.5 Å². The lowest BCUT2D eigenvalue weighted by Gasteiger charge is -2.29. The summed E-state index contributed by atoms with van der Waals surface area (Å²) in [4.78, 5) is 0. The van der Waals surface area contributed by atoms with E-state index in [2.05, 4.69) is 46.1 Å². The van der Waals surface area contributed by atoms with Crippen LogP contribution in [0.3, 0.4) is 0 Å². The zero-order chi connectivity index (χ0) is 12.4. The molecule has 1 heterocycles. The summed E-state index contributed by atoms with van der Waals surface area (Å²) in [5.41, 5.74) is 2.30. The minimum absolute atomic E-state index is 0.610. The smallest absolute Gasteiger partial charge is 0.0651 e. The van der Waals surface area contributed by atoms with E-state index in [1.165, 1.54) is 36.8 Å². The quantitative estimate of drug-likeness (QED) is 0.777. The Bertz CT molecular complexity index is 511. The lowest BCUT2D eigenvalue weighted by atomic mass is 9.91. The summed E-state index contributed by atoms with van der Waals surface area (Å²) in [5, 5.41) is 15.2. The number of aromatic nitrogens is 2. The maximum absolute atomic E-state index is 4.05. The third-order valence-electron chi connectivity index (χ3n) is 3.95. The van der Waals surface area contributed by atoms with Gasteiger partial charge in [-0.1, -0.05) is 0 Å². The molecule has 0 radical (unpaired) electrons. The van der Waals surface area contributed by atoms with Crippen molar-refractivity contribution in [2.75, 3.05) is 12.4 Å². The minimum Gasteiger partial charge on any atom is -0.382 e. The highest BCUT2D eigenvalue weighted by molar-refractivity contribution is 5.81. The van der Waals surface area contributed by atoms with Crippen molar-refractivity contribution in [2.45, 2.75) is 37.8 Å². The topological polar surface area (TPSA) is 52.7 Å². The van der Waals surface area contributed by atoms with E-state index in [0.29, 0.717) is 12.1 Å². The number of rotatable bonds is 3. The molecule has 1 aromatic heterocycles. The number of fused-ring (bicyclic) bond motifs is 1. The molecule has 0 amide bonds. The maximum atomic E-state index is 4.05. The largest absolute Gasteiger partial charge is 0.382 e. The second-order valence-electron chi connectivity index (χ2n) is 5.15. The second-order valence-corrected chi connectivity index (χ2v) is 5.15. The third kappa shape index (κ3) is 2.34. The fourth-order valence-electron chi connectivity index (χ4n) is 2.79. The summed E-state index contributed by atoms with van der Waals surface area (Å²) < 4.78 is 0. The standard InChI is InChI=1S/C14H20N4/c1-15-11-2-4-12(5-3-11)17-13-6-7-14-10(8-13)9-16-18-14/h6-9,11-12,15,17H,2-5H2,1H3,(H,16,18)/t11-,12-. The van der Waals surface area contributed by atoms with Gasteiger partial charge < -0.3 is 10.6 Å². The van der Waals surface area contributed by atoms with Crippen LogP contribution < -0.4 is 10.6 Å². The first-order valence-electron chi connectivity index (χ1n) is 6.72. The summed E-state index contributed by atoms with van der Waals surface area (Å²) in [5.74, 6) is 0. The second kappa shape index (κ2) is 4.98. The van der Waals surface area contributed by atoms with Crippen molar-refractivity contribution in [3.8, 4) is 0 Å². The van der Waals surface area contributed by atoms with Crippen molar-refractivity contribution in [2.24, 2.45) is 0 Å². The van der Waals surface area contributed by atoms with Crippen LogP contribution in [0.5, 0.6) is 0 Å². The molecule has 4 nitrogen and oxygen atoms in total. The van der Waals surface area contributed by atoms with Gasteiger partial charge in [0.05, 0.1) is 11.7 Å². The first-order chi connectivity index (χ1) is 8.85. The average molecular weight is 244 g/mol. The number of nitrogens with zero attached hydrogens (tertiary/aromatic N) is 1. The summed E-state index contributed by atoms with van der Waals surface area (Å²) in [6.07, 6.45) is 6.90. The van der Waals surface area contributed by atoms with Crippen molar-refractivity contribution < 1.29 is 0 Å². The predicted octanol–water partition coefficient (Wildman–Crippen LogP) is 2.51. The van der Waals surface area contributed by atoms with E-state index < -0.39 is 0 Å². The van der Waals surface area contributed by atoms with E-state index in [1.807, 2.05) is 6.20 Å². The van der Waals surface area contributed by atoms with Crippen LogP contribution in [0.4, 0.5) is 5.69 Å². The molecular formula is C14H20N4. The molecule has 0 saturated heterocycles. The van der Waals surface area contributed by atoms with Crippen molar-refractivity contribution in [3.63, 3.8) is 0 Å². The van der Waals surface area contributed by atoms with Crippen LogP contribution in [0.15, 0.2) is 24.4 Å². The Kier molecular flexibility index (Phi) is 3.19. The van der Waals surface area contributed by atoms with E-state index in [0.717, 1.165) is 5.52 Å². The highest BCUT2D eigenvalue weighted by Crippen LogP contribution is 2.23. The first kappa shape index (κ1) is 11.5. The summed E-state index contributed by atoms with van der Waals surface area (Å²) in [6, 6.07) is 7.70. The van der Waals surface area contributed by atoms with Gasteiger partial charge in [-0.2, -0.15) is 5.10 Å². The fourth-order valence-corrected chi connectivity index (χ4v) is 2.79. The molecule has 0 bridgehead atoms. The third-order valence-corrected chi connectivity index (χ3v) is 3.95. The highest BCUT2D eigenvalue weighted by Gasteiger charge is 2.19. The van der Waals surface area contributed by atoms with Gasteiger partial charge in [0.2, 0.25) is 0 Å². The molecule has 96 valence electrons. The van der Waals surface area contributed by atoms with Crippen LogP contribution in [0, 0.1) is 0 Å². The number of aromatic amines is 1. The first-order valence-corrected chi connectivity index (χ1v) is 6.72. The van der Waals surface area contributed by atoms with Gasteiger partial charge in [0.25, 0.3) is 0 Å². The SMILES string of the molecule is CN[C@H]1CC[C@H](Nc2ccc3[nH]ncc3c2)CC1. The molecule has 3 N–H and O–H groups in total. The van der Waals surface area contributed by atoms with Crippen molar-refractivity contribution in [3.05, 3.63) is 24.4 Å². The van der Waals surface area contributed by atoms with E-state index in [9.17, 15) is 0 Å². The molecule has 18 heavy (non-hydrogen) atoms. The van der Waals surface area contributed by atoms with Gasteiger partial charge in [-0.25, -0.2) is 0 Å². The zero-order valence-corrected chi connectivity index (χ0v) is 10.7. The molecule has 1 saturated carbocycles. The van der Waals surface area contributed by atoms with E-state index in [1.54, 1.807) is 0 Å². The van der Waals surface area contributed by atoms with Gasteiger partial charge in [0.15, 0.2) is 0 Å². The summed E-state index contributed by atoms with van der Waals surface area (Å²) in [6.45, 7) is 0. The summed E-state index contributed by atoms with van der Waals surface area (Å²) >= 11 is 0. The Labute approximate surface area is 107 Å².